The summed E-state index contributed by atoms with van der Waals surface area (Å²) in [4.78, 5) is 8.86. The van der Waals surface area contributed by atoms with Gasteiger partial charge in [0, 0.05) is 11.2 Å². The molecular formula is C16H18ClN3. The van der Waals surface area contributed by atoms with E-state index in [1.54, 1.807) is 6.20 Å². The van der Waals surface area contributed by atoms with Crippen molar-refractivity contribution in [1.29, 1.82) is 0 Å². The first-order chi connectivity index (χ1) is 9.63. The summed E-state index contributed by atoms with van der Waals surface area (Å²) in [5.74, 6) is 1.53. The lowest BCUT2D eigenvalue weighted by Crippen LogP contribution is -2.29. The molecule has 2 rings (SSSR count). The quantitative estimate of drug-likeness (QED) is 0.943. The van der Waals surface area contributed by atoms with E-state index in [0.29, 0.717) is 0 Å². The van der Waals surface area contributed by atoms with Crippen LogP contribution >= 0.6 is 11.6 Å². The summed E-state index contributed by atoms with van der Waals surface area (Å²) in [5.41, 5.74) is 1.15. The van der Waals surface area contributed by atoms with E-state index in [9.17, 15) is 0 Å². The minimum absolute atomic E-state index is 0.746. The van der Waals surface area contributed by atoms with Gasteiger partial charge >= 0.3 is 0 Å². The first-order valence-electron chi connectivity index (χ1n) is 6.65. The maximum absolute atomic E-state index is 6.27. The van der Waals surface area contributed by atoms with Crippen molar-refractivity contribution in [2.24, 2.45) is 0 Å². The molecule has 3 nitrogen and oxygen atoms in total. The van der Waals surface area contributed by atoms with Gasteiger partial charge in [0.1, 0.15) is 11.6 Å². The van der Waals surface area contributed by atoms with E-state index in [2.05, 4.69) is 15.3 Å². The van der Waals surface area contributed by atoms with E-state index in [4.69, 9.17) is 11.6 Å². The third kappa shape index (κ3) is 3.36. The Hall–Kier alpha value is -1.87. The first kappa shape index (κ1) is 14.5. The van der Waals surface area contributed by atoms with E-state index < -0.39 is 0 Å². The van der Waals surface area contributed by atoms with Crippen LogP contribution in [0, 0.1) is 6.92 Å². The molecule has 0 fully saturated rings. The van der Waals surface area contributed by atoms with Crippen LogP contribution in [-0.4, -0.2) is 9.97 Å². The van der Waals surface area contributed by atoms with Crippen molar-refractivity contribution >= 4 is 34.3 Å². The molecule has 20 heavy (non-hydrogen) atoms. The van der Waals surface area contributed by atoms with Crippen LogP contribution in [0.4, 0.5) is 11.6 Å². The third-order valence-corrected chi connectivity index (χ3v) is 3.42. The van der Waals surface area contributed by atoms with E-state index in [1.165, 1.54) is 0 Å². The Morgan fingerprint density at radius 2 is 2.10 bits per heavy atom. The number of nitrogens with zero attached hydrogens (tertiary/aromatic N) is 2. The molecule has 0 spiro atoms. The van der Waals surface area contributed by atoms with Gasteiger partial charge in [0.25, 0.3) is 0 Å². The van der Waals surface area contributed by atoms with E-state index >= 15 is 0 Å². The van der Waals surface area contributed by atoms with Crippen molar-refractivity contribution in [1.82, 2.24) is 9.97 Å². The average molecular weight is 288 g/mol. The van der Waals surface area contributed by atoms with Crippen LogP contribution < -0.4 is 15.9 Å². The van der Waals surface area contributed by atoms with Crippen LogP contribution in [0.15, 0.2) is 30.5 Å². The molecule has 1 N–H and O–H groups in total. The predicted octanol–water partition coefficient (Wildman–Crippen LogP) is 3.09. The lowest BCUT2D eigenvalue weighted by molar-refractivity contribution is 1.16. The predicted molar refractivity (Wildman–Crippen MR) is 85.4 cm³/mol. The van der Waals surface area contributed by atoms with Gasteiger partial charge in [0.2, 0.25) is 0 Å². The van der Waals surface area contributed by atoms with Gasteiger partial charge in [-0.2, -0.15) is 0 Å². The zero-order valence-electron chi connectivity index (χ0n) is 11.9. The molecule has 104 valence electrons. The van der Waals surface area contributed by atoms with Crippen molar-refractivity contribution in [2.45, 2.75) is 27.2 Å². The molecule has 0 radical (unpaired) electrons. The highest BCUT2D eigenvalue weighted by Crippen LogP contribution is 2.11. The Bertz CT molecular complexity index is 723. The molecule has 0 saturated carbocycles. The van der Waals surface area contributed by atoms with Crippen molar-refractivity contribution in [3.8, 4) is 0 Å². The van der Waals surface area contributed by atoms with Crippen LogP contribution in [0.25, 0.3) is 11.1 Å². The molecule has 0 aliphatic rings. The maximum atomic E-state index is 6.27. The minimum atomic E-state index is 0.746. The third-order valence-electron chi connectivity index (χ3n) is 2.98. The number of hydrogen-bond acceptors (Lipinski definition) is 3. The number of rotatable bonds is 3. The molecule has 0 unspecified atom stereocenters. The van der Waals surface area contributed by atoms with Crippen LogP contribution in [-0.2, 0) is 0 Å². The summed E-state index contributed by atoms with van der Waals surface area (Å²) in [5, 5.41) is 5.84. The number of pyridine rings is 2. The van der Waals surface area contributed by atoms with Crippen molar-refractivity contribution in [2.75, 3.05) is 5.32 Å². The maximum Gasteiger partial charge on any atom is 0.132 e. The fourth-order valence-corrected chi connectivity index (χ4v) is 2.04. The van der Waals surface area contributed by atoms with Gasteiger partial charge in [-0.25, -0.2) is 9.97 Å². The molecule has 2 aromatic heterocycles. The highest BCUT2D eigenvalue weighted by atomic mass is 35.5. The molecular weight excluding hydrogens is 270 g/mol. The normalized spacial score (nSPS) is 13.3. The Balaban J connectivity index is 2.45. The van der Waals surface area contributed by atoms with E-state index in [1.807, 2.05) is 51.1 Å². The highest BCUT2D eigenvalue weighted by molar-refractivity contribution is 6.44. The number of nitrogens with one attached hydrogen (secondary N) is 1. The molecule has 0 saturated heterocycles. The van der Waals surface area contributed by atoms with E-state index in [-0.39, 0.29) is 0 Å². The van der Waals surface area contributed by atoms with Gasteiger partial charge < -0.3 is 5.32 Å². The highest BCUT2D eigenvalue weighted by Gasteiger charge is 2.00. The molecule has 0 atom stereocenters. The second kappa shape index (κ2) is 6.53. The Labute approximate surface area is 124 Å². The van der Waals surface area contributed by atoms with Gasteiger partial charge in [0.05, 0.1) is 5.35 Å². The fourth-order valence-electron chi connectivity index (χ4n) is 1.89. The van der Waals surface area contributed by atoms with Crippen LogP contribution in [0.5, 0.6) is 0 Å². The largest absolute Gasteiger partial charge is 0.325 e. The lowest BCUT2D eigenvalue weighted by Gasteiger charge is -2.06. The standard InChI is InChI=1S/C16H18ClN3/c1-4-12-6-7-14(20-16(12)13(17)5-2)19-15-10-11(3)8-9-18-15/h4,6-10H,5H2,1-3H3,(H,18,19,20)/b12-4-,16-13-. The second-order valence-corrected chi connectivity index (χ2v) is 4.98. The molecule has 0 aliphatic heterocycles. The molecule has 0 amide bonds. The van der Waals surface area contributed by atoms with Crippen LogP contribution in [0.2, 0.25) is 0 Å². The summed E-state index contributed by atoms with van der Waals surface area (Å²) in [6.45, 7) is 6.03. The number of aromatic nitrogens is 2. The van der Waals surface area contributed by atoms with Gasteiger partial charge in [-0.1, -0.05) is 24.6 Å². The summed E-state index contributed by atoms with van der Waals surface area (Å²) in [6.07, 6.45) is 4.55. The Morgan fingerprint density at radius 1 is 1.30 bits per heavy atom. The summed E-state index contributed by atoms with van der Waals surface area (Å²) in [7, 11) is 0. The van der Waals surface area contributed by atoms with Crippen LogP contribution in [0.1, 0.15) is 25.8 Å². The Morgan fingerprint density at radius 3 is 2.75 bits per heavy atom. The summed E-state index contributed by atoms with van der Waals surface area (Å²) < 4.78 is 0. The van der Waals surface area contributed by atoms with Crippen molar-refractivity contribution in [3.05, 3.63) is 46.6 Å². The van der Waals surface area contributed by atoms with Gasteiger partial charge in [-0.05, 0) is 55.3 Å². The fraction of sp³-hybridized carbons (Fsp3) is 0.250. The monoisotopic (exact) mass is 287 g/mol. The second-order valence-electron chi connectivity index (χ2n) is 4.52. The lowest BCUT2D eigenvalue weighted by atomic mass is 10.2. The SMILES string of the molecule is C/C=c1/ccc(Nc2cc(C)ccn2)n/c1=C(\Cl)CC. The number of aryl methyl sites for hydroxylation is 1. The zero-order valence-corrected chi connectivity index (χ0v) is 12.7. The van der Waals surface area contributed by atoms with Crippen LogP contribution in [0.3, 0.4) is 0 Å². The zero-order chi connectivity index (χ0) is 14.5. The molecule has 2 heterocycles. The van der Waals surface area contributed by atoms with Gasteiger partial charge in [0.15, 0.2) is 0 Å². The molecule has 0 aromatic carbocycles. The molecule has 0 aliphatic carbocycles. The topological polar surface area (TPSA) is 37.8 Å². The molecule has 2 aromatic rings. The number of hydrogen-bond donors (Lipinski definition) is 1. The number of anilines is 2. The summed E-state index contributed by atoms with van der Waals surface area (Å²) in [6, 6.07) is 7.88. The molecule has 4 heteroatoms. The average Bonchev–Trinajstić information content (AvgIpc) is 2.46. The van der Waals surface area contributed by atoms with Crippen molar-refractivity contribution in [3.63, 3.8) is 0 Å². The van der Waals surface area contributed by atoms with Crippen molar-refractivity contribution < 1.29 is 0 Å². The summed E-state index contributed by atoms with van der Waals surface area (Å²) >= 11 is 6.27. The van der Waals surface area contributed by atoms with Gasteiger partial charge in [-0.3, -0.25) is 0 Å². The first-order valence-corrected chi connectivity index (χ1v) is 7.03. The Kier molecular flexibility index (Phi) is 4.74. The smallest absolute Gasteiger partial charge is 0.132 e. The van der Waals surface area contributed by atoms with Gasteiger partial charge in [-0.15, -0.1) is 0 Å². The minimum Gasteiger partial charge on any atom is -0.325 e. The molecule has 0 bridgehead atoms. The van der Waals surface area contributed by atoms with E-state index in [0.717, 1.165) is 39.2 Å². The number of halogens is 1.